The number of aryl methyl sites for hydroxylation is 1. The Bertz CT molecular complexity index is 780. The molecule has 3 aromatic rings. The Balaban J connectivity index is 1.79. The summed E-state index contributed by atoms with van der Waals surface area (Å²) >= 11 is 5.17. The third kappa shape index (κ3) is 3.07. The van der Waals surface area contributed by atoms with Gasteiger partial charge in [0.15, 0.2) is 5.65 Å². The molecule has 110 valence electrons. The minimum atomic E-state index is 0.481. The van der Waals surface area contributed by atoms with E-state index >= 15 is 0 Å². The zero-order valence-electron chi connectivity index (χ0n) is 11.7. The number of hydrogen-bond acceptors (Lipinski definition) is 6. The van der Waals surface area contributed by atoms with Gasteiger partial charge in [0, 0.05) is 13.6 Å². The summed E-state index contributed by atoms with van der Waals surface area (Å²) in [6, 6.07) is 2.13. The number of nitrogens with zero attached hydrogens (tertiary/aromatic N) is 5. The summed E-state index contributed by atoms with van der Waals surface area (Å²) in [5.74, 6) is 1.19. The van der Waals surface area contributed by atoms with Crippen molar-refractivity contribution in [3.63, 3.8) is 0 Å². The molecule has 8 heteroatoms. The lowest BCUT2D eigenvalue weighted by Crippen LogP contribution is -2.19. The van der Waals surface area contributed by atoms with Crippen molar-refractivity contribution in [1.29, 1.82) is 0 Å². The van der Waals surface area contributed by atoms with Gasteiger partial charge < -0.3 is 5.73 Å². The number of rotatable bonds is 4. The van der Waals surface area contributed by atoms with Crippen molar-refractivity contribution in [1.82, 2.24) is 24.6 Å². The topological polar surface area (TPSA) is 72.9 Å². The van der Waals surface area contributed by atoms with E-state index in [0.717, 1.165) is 21.4 Å². The van der Waals surface area contributed by atoms with Crippen LogP contribution in [-0.2, 0) is 20.1 Å². The number of halogens is 1. The van der Waals surface area contributed by atoms with Crippen LogP contribution < -0.4 is 5.73 Å². The van der Waals surface area contributed by atoms with Gasteiger partial charge in [0.05, 0.1) is 21.9 Å². The number of anilines is 1. The Hall–Kier alpha value is -1.51. The number of aromatic nitrogens is 4. The largest absolute Gasteiger partial charge is 0.383 e. The van der Waals surface area contributed by atoms with E-state index in [4.69, 9.17) is 5.73 Å². The minimum absolute atomic E-state index is 0.481. The molecule has 2 N–H and O–H groups in total. The third-order valence-corrected chi connectivity index (χ3v) is 4.71. The average Bonchev–Trinajstić information content (AvgIpc) is 2.97. The van der Waals surface area contributed by atoms with Gasteiger partial charge in [0.1, 0.15) is 11.6 Å². The van der Waals surface area contributed by atoms with E-state index in [2.05, 4.69) is 47.3 Å². The molecule has 3 heterocycles. The lowest BCUT2D eigenvalue weighted by molar-refractivity contribution is 0.311. The third-order valence-electron chi connectivity index (χ3n) is 3.15. The molecule has 0 radical (unpaired) electrons. The van der Waals surface area contributed by atoms with Crippen LogP contribution in [0.2, 0.25) is 0 Å². The standard InChI is InChI=1S/C13H15BrN6S/c1-19(5-8-3-10(14)21-7-8)6-11-17-12(15)9-4-16-20(2)13(9)18-11/h3-4,7H,5-6H2,1-2H3,(H2,15,17,18). The van der Waals surface area contributed by atoms with Gasteiger partial charge in [-0.05, 0) is 40.0 Å². The first-order valence-electron chi connectivity index (χ1n) is 6.38. The molecule has 0 aliphatic heterocycles. The zero-order valence-corrected chi connectivity index (χ0v) is 14.1. The molecule has 0 atom stereocenters. The van der Waals surface area contributed by atoms with Gasteiger partial charge in [0.2, 0.25) is 0 Å². The normalized spacial score (nSPS) is 11.6. The Morgan fingerprint density at radius 2 is 2.19 bits per heavy atom. The summed E-state index contributed by atoms with van der Waals surface area (Å²) in [5.41, 5.74) is 8.01. The maximum atomic E-state index is 5.97. The summed E-state index contributed by atoms with van der Waals surface area (Å²) in [6.45, 7) is 1.48. The smallest absolute Gasteiger partial charge is 0.163 e. The van der Waals surface area contributed by atoms with Crippen LogP contribution in [0.4, 0.5) is 5.82 Å². The first-order chi connectivity index (χ1) is 10.0. The molecule has 0 aliphatic carbocycles. The fourth-order valence-electron chi connectivity index (χ4n) is 2.20. The number of thiophene rings is 1. The highest BCUT2D eigenvalue weighted by Gasteiger charge is 2.11. The van der Waals surface area contributed by atoms with E-state index in [1.807, 2.05) is 14.1 Å². The molecule has 21 heavy (non-hydrogen) atoms. The molecule has 0 aromatic carbocycles. The SMILES string of the molecule is CN(Cc1csc(Br)c1)Cc1nc(N)c2cnn(C)c2n1. The molecule has 0 saturated heterocycles. The molecule has 0 aliphatic rings. The molecule has 0 fully saturated rings. The van der Waals surface area contributed by atoms with Crippen molar-refractivity contribution in [2.45, 2.75) is 13.1 Å². The molecule has 0 saturated carbocycles. The van der Waals surface area contributed by atoms with Crippen molar-refractivity contribution in [2.75, 3.05) is 12.8 Å². The van der Waals surface area contributed by atoms with Crippen LogP contribution >= 0.6 is 27.3 Å². The number of hydrogen-bond donors (Lipinski definition) is 1. The number of fused-ring (bicyclic) bond motifs is 1. The van der Waals surface area contributed by atoms with Crippen LogP contribution in [0.3, 0.4) is 0 Å². The van der Waals surface area contributed by atoms with E-state index in [9.17, 15) is 0 Å². The van der Waals surface area contributed by atoms with Crippen molar-refractivity contribution >= 4 is 44.1 Å². The highest BCUT2D eigenvalue weighted by Crippen LogP contribution is 2.22. The first-order valence-corrected chi connectivity index (χ1v) is 8.06. The maximum Gasteiger partial charge on any atom is 0.163 e. The van der Waals surface area contributed by atoms with Crippen LogP contribution in [0.1, 0.15) is 11.4 Å². The second-order valence-corrected chi connectivity index (χ2v) is 7.25. The van der Waals surface area contributed by atoms with Crippen LogP contribution in [0.5, 0.6) is 0 Å². The fourth-order valence-corrected chi connectivity index (χ4v) is 3.40. The molecule has 0 amide bonds. The molecule has 0 bridgehead atoms. The van der Waals surface area contributed by atoms with Crippen LogP contribution in [0.15, 0.2) is 21.4 Å². The Morgan fingerprint density at radius 3 is 2.90 bits per heavy atom. The second-order valence-electron chi connectivity index (χ2n) is 4.96. The van der Waals surface area contributed by atoms with E-state index in [0.29, 0.717) is 18.2 Å². The zero-order chi connectivity index (χ0) is 15.0. The van der Waals surface area contributed by atoms with Crippen molar-refractivity contribution < 1.29 is 0 Å². The Labute approximate surface area is 134 Å². The molecule has 3 rings (SSSR count). The quantitative estimate of drug-likeness (QED) is 0.767. The fraction of sp³-hybridized carbons (Fsp3) is 0.308. The monoisotopic (exact) mass is 366 g/mol. The molecule has 6 nitrogen and oxygen atoms in total. The van der Waals surface area contributed by atoms with Crippen LogP contribution in [-0.4, -0.2) is 31.7 Å². The number of nitrogens with two attached hydrogens (primary N) is 1. The first kappa shape index (κ1) is 14.4. The molecule has 0 spiro atoms. The van der Waals surface area contributed by atoms with E-state index in [1.165, 1.54) is 5.56 Å². The van der Waals surface area contributed by atoms with Gasteiger partial charge >= 0.3 is 0 Å². The van der Waals surface area contributed by atoms with Gasteiger partial charge in [-0.3, -0.25) is 9.58 Å². The molecule has 0 unspecified atom stereocenters. The van der Waals surface area contributed by atoms with E-state index in [-0.39, 0.29) is 0 Å². The maximum absolute atomic E-state index is 5.97. The van der Waals surface area contributed by atoms with Crippen LogP contribution in [0, 0.1) is 0 Å². The summed E-state index contributed by atoms with van der Waals surface area (Å²) < 4.78 is 2.86. The minimum Gasteiger partial charge on any atom is -0.383 e. The van der Waals surface area contributed by atoms with E-state index < -0.39 is 0 Å². The average molecular weight is 367 g/mol. The number of nitrogen functional groups attached to an aromatic ring is 1. The van der Waals surface area contributed by atoms with Crippen LogP contribution in [0.25, 0.3) is 11.0 Å². The summed E-state index contributed by atoms with van der Waals surface area (Å²) in [4.78, 5) is 11.1. The van der Waals surface area contributed by atoms with Crippen molar-refractivity contribution in [3.8, 4) is 0 Å². The Kier molecular flexibility index (Phi) is 3.92. The molecular weight excluding hydrogens is 352 g/mol. The molecular formula is C13H15BrN6S. The highest BCUT2D eigenvalue weighted by atomic mass is 79.9. The van der Waals surface area contributed by atoms with Gasteiger partial charge in [-0.25, -0.2) is 9.97 Å². The van der Waals surface area contributed by atoms with Gasteiger partial charge in [-0.1, -0.05) is 0 Å². The predicted molar refractivity (Wildman–Crippen MR) is 87.9 cm³/mol. The van der Waals surface area contributed by atoms with E-state index in [1.54, 1.807) is 22.2 Å². The van der Waals surface area contributed by atoms with Gasteiger partial charge in [0.25, 0.3) is 0 Å². The van der Waals surface area contributed by atoms with Crippen molar-refractivity contribution in [2.24, 2.45) is 7.05 Å². The summed E-state index contributed by atoms with van der Waals surface area (Å²) in [7, 11) is 3.89. The summed E-state index contributed by atoms with van der Waals surface area (Å²) in [5, 5.41) is 7.10. The highest BCUT2D eigenvalue weighted by molar-refractivity contribution is 9.11. The van der Waals surface area contributed by atoms with Gasteiger partial charge in [-0.2, -0.15) is 5.10 Å². The van der Waals surface area contributed by atoms with Gasteiger partial charge in [-0.15, -0.1) is 11.3 Å². The molecule has 3 aromatic heterocycles. The van der Waals surface area contributed by atoms with Crippen molar-refractivity contribution in [3.05, 3.63) is 32.8 Å². The second kappa shape index (κ2) is 5.70. The summed E-state index contributed by atoms with van der Waals surface area (Å²) in [6.07, 6.45) is 1.70. The predicted octanol–water partition coefficient (Wildman–Crippen LogP) is 2.40. The lowest BCUT2D eigenvalue weighted by Gasteiger charge is -2.15. The lowest BCUT2D eigenvalue weighted by atomic mass is 10.3. The Morgan fingerprint density at radius 1 is 1.38 bits per heavy atom.